The average molecular weight is 264 g/mol. The molecule has 0 amide bonds. The Kier molecular flexibility index (Phi) is 4.37. The van der Waals surface area contributed by atoms with Crippen molar-refractivity contribution in [1.29, 1.82) is 0 Å². The first kappa shape index (κ1) is 14.2. The number of hydrogen-bond donors (Lipinski definition) is 0. The zero-order valence-corrected chi connectivity index (χ0v) is 12.4. The van der Waals surface area contributed by atoms with Crippen molar-refractivity contribution in [3.63, 3.8) is 0 Å². The van der Waals surface area contributed by atoms with Crippen molar-refractivity contribution < 1.29 is 4.79 Å². The van der Waals surface area contributed by atoms with Crippen molar-refractivity contribution in [3.8, 4) is 0 Å². The largest absolute Gasteiger partial charge is 0.309 e. The highest BCUT2D eigenvalue weighted by molar-refractivity contribution is 5.75. The number of rotatable bonds is 5. The van der Waals surface area contributed by atoms with Crippen LogP contribution in [0, 0.1) is 5.92 Å². The van der Waals surface area contributed by atoms with Crippen LogP contribution >= 0.6 is 0 Å². The van der Waals surface area contributed by atoms with Gasteiger partial charge in [0.2, 0.25) is 0 Å². The molecule has 0 bridgehead atoms. The molecule has 0 saturated carbocycles. The smallest absolute Gasteiger partial charge is 0.168 e. The third-order valence-electron chi connectivity index (χ3n) is 3.61. The number of nitrogens with zero attached hydrogens (tertiary/aromatic N) is 4. The van der Waals surface area contributed by atoms with Gasteiger partial charge >= 0.3 is 0 Å². The molecule has 0 aromatic carbocycles. The number of carbonyl (C=O) groups excluding carboxylic acids is 1. The van der Waals surface area contributed by atoms with E-state index < -0.39 is 0 Å². The fourth-order valence-corrected chi connectivity index (χ4v) is 2.83. The molecule has 2 rings (SSSR count). The summed E-state index contributed by atoms with van der Waals surface area (Å²) in [4.78, 5) is 15.8. The molecule has 1 aliphatic heterocycles. The second-order valence-electron chi connectivity index (χ2n) is 5.97. The molecule has 0 saturated heterocycles. The Bertz CT molecular complexity index is 453. The Morgan fingerprint density at radius 2 is 2.21 bits per heavy atom. The van der Waals surface area contributed by atoms with Gasteiger partial charge in [-0.3, -0.25) is 9.48 Å². The molecule has 2 heterocycles. The number of carbonyl (C=O) groups is 1. The van der Waals surface area contributed by atoms with Crippen LogP contribution in [-0.4, -0.2) is 60.1 Å². The van der Waals surface area contributed by atoms with Crippen LogP contribution < -0.4 is 0 Å². The summed E-state index contributed by atoms with van der Waals surface area (Å²) in [5, 5.41) is 4.64. The molecular weight excluding hydrogens is 240 g/mol. The molecule has 5 nitrogen and oxygen atoms in total. The highest BCUT2D eigenvalue weighted by Crippen LogP contribution is 2.21. The van der Waals surface area contributed by atoms with Crippen LogP contribution in [0.4, 0.5) is 0 Å². The molecule has 1 aromatic rings. The minimum absolute atomic E-state index is 0.479. The monoisotopic (exact) mass is 264 g/mol. The van der Waals surface area contributed by atoms with Gasteiger partial charge in [-0.1, -0.05) is 6.92 Å². The maximum atomic E-state index is 11.4. The van der Waals surface area contributed by atoms with Gasteiger partial charge in [-0.05, 0) is 27.1 Å². The lowest BCUT2D eigenvalue weighted by Crippen LogP contribution is -2.26. The van der Waals surface area contributed by atoms with Gasteiger partial charge in [-0.15, -0.1) is 0 Å². The van der Waals surface area contributed by atoms with E-state index in [0.29, 0.717) is 5.92 Å². The minimum atomic E-state index is 0.479. The summed E-state index contributed by atoms with van der Waals surface area (Å²) in [5.41, 5.74) is 3.00. The molecule has 106 valence electrons. The van der Waals surface area contributed by atoms with Crippen LogP contribution in [0.3, 0.4) is 0 Å². The van der Waals surface area contributed by atoms with Crippen molar-refractivity contribution in [2.45, 2.75) is 26.4 Å². The van der Waals surface area contributed by atoms with E-state index in [4.69, 9.17) is 0 Å². The Morgan fingerprint density at radius 3 is 2.84 bits per heavy atom. The van der Waals surface area contributed by atoms with Crippen molar-refractivity contribution in [3.05, 3.63) is 17.0 Å². The highest BCUT2D eigenvalue weighted by Gasteiger charge is 2.23. The van der Waals surface area contributed by atoms with E-state index in [2.05, 4.69) is 43.0 Å². The number of aldehydes is 1. The number of likely N-dealkylation sites (N-methyl/N-ethyl adjacent to an activating group) is 1. The standard InChI is InChI=1S/C14H24N4O/c1-11(7-16(2)3)8-18-14(10-19)12-9-17(4)6-5-13(12)15-18/h10-11H,5-9H2,1-4H3. The Hall–Kier alpha value is -1.20. The van der Waals surface area contributed by atoms with Gasteiger partial charge in [0.15, 0.2) is 6.29 Å². The van der Waals surface area contributed by atoms with Crippen LogP contribution in [0.5, 0.6) is 0 Å². The molecule has 0 spiro atoms. The molecule has 1 unspecified atom stereocenters. The van der Waals surface area contributed by atoms with E-state index in [1.54, 1.807) is 0 Å². The highest BCUT2D eigenvalue weighted by atomic mass is 16.1. The molecule has 5 heteroatoms. The fourth-order valence-electron chi connectivity index (χ4n) is 2.83. The second-order valence-corrected chi connectivity index (χ2v) is 5.97. The van der Waals surface area contributed by atoms with E-state index >= 15 is 0 Å². The molecule has 0 radical (unpaired) electrons. The maximum absolute atomic E-state index is 11.4. The van der Waals surface area contributed by atoms with Crippen LogP contribution in [0.2, 0.25) is 0 Å². The first-order valence-electron chi connectivity index (χ1n) is 6.88. The minimum Gasteiger partial charge on any atom is -0.309 e. The lowest BCUT2D eigenvalue weighted by Gasteiger charge is -2.21. The van der Waals surface area contributed by atoms with E-state index in [-0.39, 0.29) is 0 Å². The molecule has 1 aromatic heterocycles. The van der Waals surface area contributed by atoms with Crippen molar-refractivity contribution in [2.24, 2.45) is 5.92 Å². The molecule has 0 fully saturated rings. The Labute approximate surface area is 115 Å². The summed E-state index contributed by atoms with van der Waals surface area (Å²) in [6.07, 6.45) is 1.91. The maximum Gasteiger partial charge on any atom is 0.168 e. The predicted molar refractivity (Wildman–Crippen MR) is 75.4 cm³/mol. The van der Waals surface area contributed by atoms with E-state index in [9.17, 15) is 4.79 Å². The quantitative estimate of drug-likeness (QED) is 0.740. The summed E-state index contributed by atoms with van der Waals surface area (Å²) >= 11 is 0. The molecule has 0 aliphatic carbocycles. The number of aromatic nitrogens is 2. The molecule has 19 heavy (non-hydrogen) atoms. The van der Waals surface area contributed by atoms with Crippen molar-refractivity contribution >= 4 is 6.29 Å². The van der Waals surface area contributed by atoms with Crippen LogP contribution in [0.1, 0.15) is 28.7 Å². The van der Waals surface area contributed by atoms with E-state index in [1.807, 2.05) is 4.68 Å². The lowest BCUT2D eigenvalue weighted by molar-refractivity contribution is 0.111. The zero-order valence-electron chi connectivity index (χ0n) is 12.4. The van der Waals surface area contributed by atoms with E-state index in [1.165, 1.54) is 0 Å². The van der Waals surface area contributed by atoms with Gasteiger partial charge < -0.3 is 9.80 Å². The van der Waals surface area contributed by atoms with Crippen molar-refractivity contribution in [2.75, 3.05) is 34.2 Å². The fraction of sp³-hybridized carbons (Fsp3) is 0.714. The molecule has 1 aliphatic rings. The molecular formula is C14H24N4O. The van der Waals surface area contributed by atoms with E-state index in [0.717, 1.165) is 55.8 Å². The van der Waals surface area contributed by atoms with Gasteiger partial charge in [0.25, 0.3) is 0 Å². The predicted octanol–water partition coefficient (Wildman–Crippen LogP) is 0.881. The molecule has 0 N–H and O–H groups in total. The first-order valence-corrected chi connectivity index (χ1v) is 6.88. The van der Waals surface area contributed by atoms with Gasteiger partial charge in [0, 0.05) is 38.2 Å². The third-order valence-corrected chi connectivity index (χ3v) is 3.61. The first-order chi connectivity index (χ1) is 9.01. The lowest BCUT2D eigenvalue weighted by atomic mass is 10.1. The summed E-state index contributed by atoms with van der Waals surface area (Å²) in [7, 11) is 6.23. The average Bonchev–Trinajstić information content (AvgIpc) is 2.64. The summed E-state index contributed by atoms with van der Waals surface area (Å²) in [6, 6.07) is 0. The summed E-state index contributed by atoms with van der Waals surface area (Å²) in [5.74, 6) is 0.479. The number of fused-ring (bicyclic) bond motifs is 1. The summed E-state index contributed by atoms with van der Waals surface area (Å²) in [6.45, 7) is 5.87. The van der Waals surface area contributed by atoms with Gasteiger partial charge in [0.05, 0.1) is 5.69 Å². The third kappa shape index (κ3) is 3.22. The van der Waals surface area contributed by atoms with Gasteiger partial charge in [-0.2, -0.15) is 5.10 Å². The topological polar surface area (TPSA) is 41.4 Å². The van der Waals surface area contributed by atoms with Crippen LogP contribution in [0.15, 0.2) is 0 Å². The van der Waals surface area contributed by atoms with Gasteiger partial charge in [0.1, 0.15) is 5.69 Å². The molecule has 1 atom stereocenters. The van der Waals surface area contributed by atoms with Crippen LogP contribution in [0.25, 0.3) is 0 Å². The zero-order chi connectivity index (χ0) is 14.0. The van der Waals surface area contributed by atoms with Gasteiger partial charge in [-0.25, -0.2) is 0 Å². The Balaban J connectivity index is 2.19. The second kappa shape index (κ2) is 5.84. The SMILES string of the molecule is CC(CN(C)C)Cn1nc2c(c1C=O)CN(C)CC2. The normalized spacial score (nSPS) is 17.5. The van der Waals surface area contributed by atoms with Crippen molar-refractivity contribution in [1.82, 2.24) is 19.6 Å². The van der Waals surface area contributed by atoms with Crippen LogP contribution in [-0.2, 0) is 19.5 Å². The Morgan fingerprint density at radius 1 is 1.47 bits per heavy atom. The summed E-state index contributed by atoms with van der Waals surface area (Å²) < 4.78 is 1.91. The number of hydrogen-bond acceptors (Lipinski definition) is 4.